The number of piperazine rings is 1. The van der Waals surface area contributed by atoms with E-state index in [1.807, 2.05) is 20.8 Å². The molecule has 0 radical (unpaired) electrons. The van der Waals surface area contributed by atoms with Crippen LogP contribution in [-0.2, 0) is 17.7 Å². The zero-order valence-electron chi connectivity index (χ0n) is 20.6. The van der Waals surface area contributed by atoms with Crippen LogP contribution in [0.15, 0.2) is 18.2 Å². The van der Waals surface area contributed by atoms with Crippen LogP contribution in [0.5, 0.6) is 6.01 Å². The molecule has 2 aromatic rings. The van der Waals surface area contributed by atoms with Crippen LogP contribution in [0.1, 0.15) is 43.2 Å². The fraction of sp³-hybridized carbons (Fsp3) is 0.560. The average molecular weight is 454 g/mol. The molecule has 0 unspecified atom stereocenters. The van der Waals surface area contributed by atoms with Gasteiger partial charge in [0.2, 0.25) is 0 Å². The van der Waals surface area contributed by atoms with Gasteiger partial charge in [-0.2, -0.15) is 9.97 Å². The van der Waals surface area contributed by atoms with Gasteiger partial charge in [-0.05, 0) is 58.2 Å². The second kappa shape index (κ2) is 9.08. The van der Waals surface area contributed by atoms with E-state index in [9.17, 15) is 4.79 Å². The summed E-state index contributed by atoms with van der Waals surface area (Å²) in [5.74, 6) is 0.932. The predicted octanol–water partition coefficient (Wildman–Crippen LogP) is 3.72. The van der Waals surface area contributed by atoms with Crippen LogP contribution in [0.3, 0.4) is 0 Å². The lowest BCUT2D eigenvalue weighted by molar-refractivity contribution is 0.0240. The molecule has 4 rings (SSSR count). The van der Waals surface area contributed by atoms with E-state index in [-0.39, 0.29) is 6.09 Å². The van der Waals surface area contributed by atoms with Crippen molar-refractivity contribution < 1.29 is 14.3 Å². The second-order valence-electron chi connectivity index (χ2n) is 9.80. The summed E-state index contributed by atoms with van der Waals surface area (Å²) in [7, 11) is 1.61. The van der Waals surface area contributed by atoms with Crippen LogP contribution in [0.2, 0.25) is 0 Å². The van der Waals surface area contributed by atoms with Gasteiger partial charge in [-0.3, -0.25) is 0 Å². The van der Waals surface area contributed by atoms with Crippen LogP contribution in [0.25, 0.3) is 0 Å². The molecular weight excluding hydrogens is 418 g/mol. The van der Waals surface area contributed by atoms with E-state index in [0.29, 0.717) is 32.2 Å². The molecule has 1 amide bonds. The molecule has 2 aliphatic heterocycles. The van der Waals surface area contributed by atoms with Crippen LogP contribution in [0, 0.1) is 13.8 Å². The molecular formula is C25H35N5O3. The molecule has 1 aromatic carbocycles. The van der Waals surface area contributed by atoms with Gasteiger partial charge in [0.15, 0.2) is 0 Å². The van der Waals surface area contributed by atoms with E-state index in [0.717, 1.165) is 31.0 Å². The van der Waals surface area contributed by atoms with Gasteiger partial charge in [0.05, 0.1) is 19.3 Å². The quantitative estimate of drug-likeness (QED) is 0.701. The lowest BCUT2D eigenvalue weighted by Gasteiger charge is -2.38. The summed E-state index contributed by atoms with van der Waals surface area (Å²) >= 11 is 0. The van der Waals surface area contributed by atoms with Gasteiger partial charge >= 0.3 is 12.1 Å². The maximum absolute atomic E-state index is 12.4. The number of amides is 1. The largest absolute Gasteiger partial charge is 0.467 e. The molecule has 33 heavy (non-hydrogen) atoms. The minimum absolute atomic E-state index is 0.256. The molecule has 1 fully saturated rings. The smallest absolute Gasteiger partial charge is 0.410 e. The van der Waals surface area contributed by atoms with E-state index in [2.05, 4.69) is 41.8 Å². The summed E-state index contributed by atoms with van der Waals surface area (Å²) in [6, 6.07) is 6.84. The minimum atomic E-state index is -0.491. The van der Waals surface area contributed by atoms with Gasteiger partial charge in [-0.15, -0.1) is 0 Å². The highest BCUT2D eigenvalue weighted by Crippen LogP contribution is 2.33. The summed E-state index contributed by atoms with van der Waals surface area (Å²) in [4.78, 5) is 28.3. The van der Waals surface area contributed by atoms with Crippen molar-refractivity contribution in [2.24, 2.45) is 0 Å². The Hall–Kier alpha value is -3.03. The summed E-state index contributed by atoms with van der Waals surface area (Å²) in [6.07, 6.45) is 0.613. The first-order valence-electron chi connectivity index (χ1n) is 11.6. The lowest BCUT2D eigenvalue weighted by Crippen LogP contribution is -2.50. The Kier molecular flexibility index (Phi) is 6.36. The first-order chi connectivity index (χ1) is 15.7. The van der Waals surface area contributed by atoms with Crippen molar-refractivity contribution in [3.8, 4) is 6.01 Å². The Morgan fingerprint density at radius 2 is 1.73 bits per heavy atom. The third kappa shape index (κ3) is 4.99. The van der Waals surface area contributed by atoms with Crippen molar-refractivity contribution in [3.05, 3.63) is 40.6 Å². The predicted molar refractivity (Wildman–Crippen MR) is 129 cm³/mol. The normalized spacial score (nSPS) is 16.5. The maximum Gasteiger partial charge on any atom is 0.410 e. The number of carbonyl (C=O) groups excluding carboxylic acids is 1. The van der Waals surface area contributed by atoms with E-state index < -0.39 is 5.60 Å². The molecule has 0 aliphatic carbocycles. The first-order valence-corrected chi connectivity index (χ1v) is 11.6. The molecule has 0 bridgehead atoms. The fourth-order valence-electron chi connectivity index (χ4n) is 4.45. The molecule has 0 saturated carbocycles. The van der Waals surface area contributed by atoms with E-state index in [1.54, 1.807) is 12.0 Å². The number of nitrogens with zero attached hydrogens (tertiary/aromatic N) is 5. The first kappa shape index (κ1) is 23.1. The average Bonchev–Trinajstić information content (AvgIpc) is 2.78. The highest BCUT2D eigenvalue weighted by Gasteiger charge is 2.30. The third-order valence-electron chi connectivity index (χ3n) is 6.35. The van der Waals surface area contributed by atoms with Crippen LogP contribution >= 0.6 is 0 Å². The van der Waals surface area contributed by atoms with Gasteiger partial charge in [0.25, 0.3) is 0 Å². The van der Waals surface area contributed by atoms with Crippen LogP contribution < -0.4 is 14.5 Å². The van der Waals surface area contributed by atoms with Gasteiger partial charge in [-0.1, -0.05) is 12.1 Å². The van der Waals surface area contributed by atoms with Crippen LogP contribution in [-0.4, -0.2) is 66.4 Å². The molecule has 1 aromatic heterocycles. The summed E-state index contributed by atoms with van der Waals surface area (Å²) < 4.78 is 11.0. The lowest BCUT2D eigenvalue weighted by atomic mass is 10.0. The number of benzene rings is 1. The Balaban J connectivity index is 1.53. The molecule has 8 nitrogen and oxygen atoms in total. The Labute approximate surface area is 196 Å². The van der Waals surface area contributed by atoms with Crippen molar-refractivity contribution in [2.45, 2.75) is 53.2 Å². The van der Waals surface area contributed by atoms with Crippen LogP contribution in [0.4, 0.5) is 16.3 Å². The Morgan fingerprint density at radius 3 is 2.39 bits per heavy atom. The topological polar surface area (TPSA) is 71.0 Å². The zero-order chi connectivity index (χ0) is 23.8. The number of hydrogen-bond acceptors (Lipinski definition) is 7. The number of aryl methyl sites for hydroxylation is 1. The third-order valence-corrected chi connectivity index (χ3v) is 6.35. The molecule has 0 N–H and O–H groups in total. The Bertz CT molecular complexity index is 1030. The zero-order valence-corrected chi connectivity index (χ0v) is 20.6. The second-order valence-corrected chi connectivity index (χ2v) is 9.80. The number of hydrogen-bond donors (Lipinski definition) is 0. The van der Waals surface area contributed by atoms with E-state index >= 15 is 0 Å². The molecule has 1 saturated heterocycles. The summed E-state index contributed by atoms with van der Waals surface area (Å²) in [5, 5.41) is 0. The molecule has 0 atom stereocenters. The van der Waals surface area contributed by atoms with Crippen molar-refractivity contribution in [1.29, 1.82) is 0 Å². The van der Waals surface area contributed by atoms with Gasteiger partial charge in [0.1, 0.15) is 11.4 Å². The number of aromatic nitrogens is 2. The fourth-order valence-corrected chi connectivity index (χ4v) is 4.45. The molecule has 8 heteroatoms. The van der Waals surface area contributed by atoms with Crippen molar-refractivity contribution in [2.75, 3.05) is 49.6 Å². The van der Waals surface area contributed by atoms with E-state index in [1.165, 1.54) is 22.4 Å². The number of fused-ring (bicyclic) bond motifs is 1. The molecule has 2 aliphatic rings. The Morgan fingerprint density at radius 1 is 1.00 bits per heavy atom. The van der Waals surface area contributed by atoms with Crippen molar-refractivity contribution in [3.63, 3.8) is 0 Å². The number of ether oxygens (including phenoxy) is 2. The minimum Gasteiger partial charge on any atom is -0.467 e. The molecule has 3 heterocycles. The standard InChI is InChI=1S/C25H35N5O3/c1-17-8-7-9-21(18(17)2)30-11-10-19-20(16-30)26-23(32-6)27-22(19)28-12-14-29(15-13-28)24(31)33-25(3,4)5/h7-9H,10-16H2,1-6H3. The number of carbonyl (C=O) groups is 1. The number of anilines is 2. The number of rotatable bonds is 3. The van der Waals surface area contributed by atoms with Gasteiger partial charge in [0, 0.05) is 44.0 Å². The van der Waals surface area contributed by atoms with Gasteiger partial charge in [-0.25, -0.2) is 4.79 Å². The molecule has 178 valence electrons. The highest BCUT2D eigenvalue weighted by atomic mass is 16.6. The highest BCUT2D eigenvalue weighted by molar-refractivity contribution is 5.69. The monoisotopic (exact) mass is 453 g/mol. The summed E-state index contributed by atoms with van der Waals surface area (Å²) in [6.45, 7) is 14.2. The number of methoxy groups -OCH3 is 1. The van der Waals surface area contributed by atoms with Crippen molar-refractivity contribution in [1.82, 2.24) is 14.9 Å². The molecule has 0 spiro atoms. The maximum atomic E-state index is 12.4. The van der Waals surface area contributed by atoms with E-state index in [4.69, 9.17) is 19.4 Å². The van der Waals surface area contributed by atoms with Crippen molar-refractivity contribution >= 4 is 17.6 Å². The SMILES string of the molecule is COc1nc2c(c(N3CCN(C(=O)OC(C)(C)C)CC3)n1)CCN(c1cccc(C)c1C)C2. The van der Waals surface area contributed by atoms with Gasteiger partial charge < -0.3 is 24.2 Å². The summed E-state index contributed by atoms with van der Waals surface area (Å²) in [5.41, 5.74) is 5.56.